The Hall–Kier alpha value is -3.37. The van der Waals surface area contributed by atoms with Gasteiger partial charge in [-0.15, -0.1) is 0 Å². The highest BCUT2D eigenvalue weighted by Crippen LogP contribution is 2.28. The molecule has 13 heteroatoms. The van der Waals surface area contributed by atoms with Crippen LogP contribution in [0.25, 0.3) is 0 Å². The molecule has 4 rings (SSSR count). The molecule has 0 bridgehead atoms. The third-order valence-electron chi connectivity index (χ3n) is 4.89. The predicted molar refractivity (Wildman–Crippen MR) is 153 cm³/mol. The van der Waals surface area contributed by atoms with Crippen LogP contribution in [0.15, 0.2) is 48.5 Å². The number of halogens is 7. The number of nitrogens with one attached hydrogen (secondary N) is 1. The molecule has 0 aliphatic carbocycles. The predicted octanol–water partition coefficient (Wildman–Crippen LogP) is 9.08. The van der Waals surface area contributed by atoms with Crippen molar-refractivity contribution in [3.05, 3.63) is 108 Å². The van der Waals surface area contributed by atoms with Crippen LogP contribution in [-0.2, 0) is 0 Å². The molecular weight excluding hydrogens is 612 g/mol. The van der Waals surface area contributed by atoms with Crippen molar-refractivity contribution in [3.63, 3.8) is 0 Å². The van der Waals surface area contributed by atoms with Gasteiger partial charge in [0, 0.05) is 21.4 Å². The molecule has 200 valence electrons. The van der Waals surface area contributed by atoms with Gasteiger partial charge >= 0.3 is 0 Å². The summed E-state index contributed by atoms with van der Waals surface area (Å²) >= 11 is 28.2. The molecule has 0 saturated heterocycles. The molecule has 3 N–H and O–H groups in total. The lowest BCUT2D eigenvalue weighted by Crippen LogP contribution is -2.00. The standard InChI is InChI=1S/C13H8Cl2FN3.C7H8ClN.C6HCl2FN2/c1-7-9(14)3-2-4-11(7)18-13-10(16)5-8(6-17)12(15)19-13;1-5-6(8)3-2-4-7(5)9;7-5-3(2-10)1-4(9)6(8)11-5/h2-5H,1H3,(H,18,19);2-4H,9H2,1H3;1H. The number of nitrogens with two attached hydrogens (primary N) is 1. The summed E-state index contributed by atoms with van der Waals surface area (Å²) in [6.45, 7) is 3.70. The lowest BCUT2D eigenvalue weighted by molar-refractivity contribution is 0.621. The molecule has 4 aromatic rings. The number of aromatic nitrogens is 2. The monoisotopic (exact) mass is 626 g/mol. The topological polar surface area (TPSA) is 111 Å². The molecule has 0 saturated carbocycles. The Kier molecular flexibility index (Phi) is 12.0. The van der Waals surface area contributed by atoms with Crippen molar-refractivity contribution in [1.29, 1.82) is 10.5 Å². The minimum absolute atomic E-state index is 0.00691. The number of hydrogen-bond donors (Lipinski definition) is 2. The van der Waals surface area contributed by atoms with E-state index in [1.807, 2.05) is 25.1 Å². The van der Waals surface area contributed by atoms with Crippen LogP contribution in [0.2, 0.25) is 25.5 Å². The van der Waals surface area contributed by atoms with E-state index in [1.54, 1.807) is 37.3 Å². The summed E-state index contributed by atoms with van der Waals surface area (Å²) in [6.07, 6.45) is 0. The van der Waals surface area contributed by atoms with Gasteiger partial charge in [0.15, 0.2) is 22.6 Å². The smallest absolute Gasteiger partial charge is 0.168 e. The lowest BCUT2D eigenvalue weighted by atomic mass is 10.2. The first kappa shape index (κ1) is 31.8. The highest BCUT2D eigenvalue weighted by atomic mass is 35.5. The Bertz CT molecular complexity index is 1560. The maximum atomic E-state index is 13.8. The number of benzene rings is 2. The minimum Gasteiger partial charge on any atom is -0.398 e. The van der Waals surface area contributed by atoms with Crippen molar-refractivity contribution in [2.75, 3.05) is 11.1 Å². The second-order valence-electron chi connectivity index (χ2n) is 7.47. The van der Waals surface area contributed by atoms with Crippen LogP contribution < -0.4 is 11.1 Å². The van der Waals surface area contributed by atoms with E-state index in [0.717, 1.165) is 34.0 Å². The quantitative estimate of drug-likeness (QED) is 0.169. The fourth-order valence-corrected chi connectivity index (χ4v) is 3.55. The number of nitrogens with zero attached hydrogens (tertiary/aromatic N) is 4. The van der Waals surface area contributed by atoms with Crippen LogP contribution in [-0.4, -0.2) is 9.97 Å². The van der Waals surface area contributed by atoms with E-state index >= 15 is 0 Å². The summed E-state index contributed by atoms with van der Waals surface area (Å²) in [6, 6.07) is 16.1. The van der Waals surface area contributed by atoms with E-state index in [2.05, 4.69) is 15.3 Å². The zero-order valence-corrected chi connectivity index (χ0v) is 23.9. The molecule has 0 fully saturated rings. The van der Waals surface area contributed by atoms with E-state index in [1.165, 1.54) is 0 Å². The van der Waals surface area contributed by atoms with Crippen molar-refractivity contribution in [2.24, 2.45) is 0 Å². The van der Waals surface area contributed by atoms with Gasteiger partial charge in [-0.3, -0.25) is 0 Å². The Morgan fingerprint density at radius 2 is 1.26 bits per heavy atom. The molecule has 2 aromatic heterocycles. The Morgan fingerprint density at radius 3 is 1.79 bits per heavy atom. The summed E-state index contributed by atoms with van der Waals surface area (Å²) in [4.78, 5) is 7.20. The molecule has 0 aliphatic rings. The van der Waals surface area contributed by atoms with Crippen LogP contribution >= 0.6 is 58.0 Å². The van der Waals surface area contributed by atoms with E-state index in [-0.39, 0.29) is 32.4 Å². The van der Waals surface area contributed by atoms with Gasteiger partial charge in [0.2, 0.25) is 0 Å². The zero-order chi connectivity index (χ0) is 29.3. The number of rotatable bonds is 2. The summed E-state index contributed by atoms with van der Waals surface area (Å²) in [7, 11) is 0. The first-order chi connectivity index (χ1) is 18.4. The molecule has 0 unspecified atom stereocenters. The molecule has 2 aromatic carbocycles. The number of nitrogen functional groups attached to an aromatic ring is 1. The third-order valence-corrected chi connectivity index (χ3v) is 6.55. The molecular formula is C26H17Cl5F2N6. The normalized spacial score (nSPS) is 9.72. The van der Waals surface area contributed by atoms with Crippen LogP contribution in [0.4, 0.5) is 26.0 Å². The van der Waals surface area contributed by atoms with Crippen molar-refractivity contribution < 1.29 is 8.78 Å². The van der Waals surface area contributed by atoms with Crippen molar-refractivity contribution in [3.8, 4) is 12.1 Å². The van der Waals surface area contributed by atoms with Crippen LogP contribution in [0.3, 0.4) is 0 Å². The van der Waals surface area contributed by atoms with Gasteiger partial charge in [-0.1, -0.05) is 70.1 Å². The van der Waals surface area contributed by atoms with E-state index in [9.17, 15) is 8.78 Å². The Labute approximate surface area is 248 Å². The average molecular weight is 629 g/mol. The van der Waals surface area contributed by atoms with Gasteiger partial charge in [0.05, 0.1) is 11.1 Å². The van der Waals surface area contributed by atoms with Crippen LogP contribution in [0.5, 0.6) is 0 Å². The molecule has 0 atom stereocenters. The van der Waals surface area contributed by atoms with Crippen molar-refractivity contribution in [2.45, 2.75) is 13.8 Å². The van der Waals surface area contributed by atoms with Gasteiger partial charge in [-0.2, -0.15) is 10.5 Å². The van der Waals surface area contributed by atoms with Crippen LogP contribution in [0.1, 0.15) is 22.3 Å². The first-order valence-corrected chi connectivity index (χ1v) is 12.5. The summed E-state index contributed by atoms with van der Waals surface area (Å²) < 4.78 is 26.3. The molecule has 6 nitrogen and oxygen atoms in total. The second-order valence-corrected chi connectivity index (χ2v) is 9.36. The summed E-state index contributed by atoms with van der Waals surface area (Å²) in [5.74, 6) is -1.44. The maximum Gasteiger partial charge on any atom is 0.168 e. The van der Waals surface area contributed by atoms with E-state index < -0.39 is 11.6 Å². The number of hydrogen-bond acceptors (Lipinski definition) is 6. The average Bonchev–Trinajstić information content (AvgIpc) is 2.90. The van der Waals surface area contributed by atoms with Crippen molar-refractivity contribution in [1.82, 2.24) is 9.97 Å². The molecule has 0 amide bonds. The van der Waals surface area contributed by atoms with E-state index in [0.29, 0.717) is 10.7 Å². The maximum absolute atomic E-state index is 13.8. The number of pyridine rings is 2. The zero-order valence-electron chi connectivity index (χ0n) is 20.1. The first-order valence-electron chi connectivity index (χ1n) is 10.6. The third kappa shape index (κ3) is 8.83. The Morgan fingerprint density at radius 1 is 0.744 bits per heavy atom. The summed E-state index contributed by atoms with van der Waals surface area (Å²) in [5, 5.41) is 20.7. The highest BCUT2D eigenvalue weighted by Gasteiger charge is 2.12. The molecule has 39 heavy (non-hydrogen) atoms. The van der Waals surface area contributed by atoms with Gasteiger partial charge in [0.1, 0.15) is 22.4 Å². The molecule has 0 spiro atoms. The van der Waals surface area contributed by atoms with Crippen LogP contribution in [0, 0.1) is 48.1 Å². The molecule has 0 aliphatic heterocycles. The van der Waals surface area contributed by atoms with E-state index in [4.69, 9.17) is 74.3 Å². The number of anilines is 3. The molecule has 0 radical (unpaired) electrons. The Balaban J connectivity index is 0.000000226. The highest BCUT2D eigenvalue weighted by molar-refractivity contribution is 6.33. The largest absolute Gasteiger partial charge is 0.398 e. The van der Waals surface area contributed by atoms with Crippen molar-refractivity contribution >= 4 is 75.2 Å². The van der Waals surface area contributed by atoms with Gasteiger partial charge in [-0.05, 0) is 61.4 Å². The SMILES string of the molecule is Cc1c(Cl)cccc1Nc1nc(Cl)c(C#N)cc1F.Cc1c(N)cccc1Cl.N#Cc1cc(F)c(Cl)nc1Cl. The lowest BCUT2D eigenvalue weighted by Gasteiger charge is -2.11. The second kappa shape index (κ2) is 14.7. The fourth-order valence-electron chi connectivity index (χ4n) is 2.65. The van der Waals surface area contributed by atoms with Gasteiger partial charge < -0.3 is 11.1 Å². The summed E-state index contributed by atoms with van der Waals surface area (Å²) in [5.41, 5.74) is 8.61. The van der Waals surface area contributed by atoms with Gasteiger partial charge in [-0.25, -0.2) is 18.7 Å². The minimum atomic E-state index is -0.743. The number of nitriles is 2. The fraction of sp³-hybridized carbons (Fsp3) is 0.0769. The van der Waals surface area contributed by atoms with Gasteiger partial charge in [0.25, 0.3) is 0 Å². The molecule has 2 heterocycles.